The maximum absolute atomic E-state index is 13.0. The molecule has 7 heteroatoms. The number of aliphatic carboxylic acids is 1. The van der Waals surface area contributed by atoms with Gasteiger partial charge >= 0.3 is 12.1 Å². The molecule has 0 saturated heterocycles. The molecule has 2 aromatic carbocycles. The fourth-order valence-corrected chi connectivity index (χ4v) is 2.96. The van der Waals surface area contributed by atoms with Crippen molar-refractivity contribution in [3.63, 3.8) is 0 Å². The molecule has 0 saturated carbocycles. The van der Waals surface area contributed by atoms with E-state index in [0.717, 1.165) is 22.3 Å². The van der Waals surface area contributed by atoms with E-state index in [4.69, 9.17) is 9.47 Å². The summed E-state index contributed by atoms with van der Waals surface area (Å²) < 4.78 is 24.0. The van der Waals surface area contributed by atoms with Crippen LogP contribution in [0.25, 0.3) is 0 Å². The maximum atomic E-state index is 13.0. The normalized spacial score (nSPS) is 12.2. The highest BCUT2D eigenvalue weighted by Gasteiger charge is 2.25. The average Bonchev–Trinajstić information content (AvgIpc) is 2.61. The lowest BCUT2D eigenvalue weighted by molar-refractivity contribution is -0.139. The number of amides is 1. The Hall–Kier alpha value is -3.09. The maximum Gasteiger partial charge on any atom is 0.408 e. The summed E-state index contributed by atoms with van der Waals surface area (Å²) in [7, 11) is 0. The Balaban J connectivity index is 2.09. The molecule has 0 aliphatic heterocycles. The van der Waals surface area contributed by atoms with Crippen molar-refractivity contribution in [3.05, 3.63) is 64.5 Å². The summed E-state index contributed by atoms with van der Waals surface area (Å²) in [5.41, 5.74) is 2.63. The lowest BCUT2D eigenvalue weighted by atomic mass is 9.96. The number of alkyl carbamates (subject to hydrolysis) is 1. The standard InChI is InChI=1S/C23H28FNO5/c1-14-10-18(29-13-16-6-8-17(24)9-7-16)11-15(2)19(14)12-20(21(26)27)25-22(28)30-23(3,4)5/h6-11,20H,12-13H2,1-5H3,(H,25,28)(H,26,27)/t20-/m0/s1. The summed E-state index contributed by atoms with van der Waals surface area (Å²) in [6, 6.07) is 8.58. The van der Waals surface area contributed by atoms with Crippen molar-refractivity contribution >= 4 is 12.1 Å². The summed E-state index contributed by atoms with van der Waals surface area (Å²) in [6.45, 7) is 9.14. The van der Waals surface area contributed by atoms with Gasteiger partial charge < -0.3 is 19.9 Å². The second-order valence-corrected chi connectivity index (χ2v) is 8.19. The molecule has 1 atom stereocenters. The number of hydrogen-bond acceptors (Lipinski definition) is 4. The molecule has 2 rings (SSSR count). The molecule has 30 heavy (non-hydrogen) atoms. The molecule has 0 unspecified atom stereocenters. The van der Waals surface area contributed by atoms with E-state index >= 15 is 0 Å². The van der Waals surface area contributed by atoms with Gasteiger partial charge in [-0.15, -0.1) is 0 Å². The quantitative estimate of drug-likeness (QED) is 0.691. The van der Waals surface area contributed by atoms with Gasteiger partial charge in [-0.2, -0.15) is 0 Å². The minimum Gasteiger partial charge on any atom is -0.489 e. The van der Waals surface area contributed by atoms with Gasteiger partial charge in [0.25, 0.3) is 0 Å². The molecule has 0 aliphatic carbocycles. The van der Waals surface area contributed by atoms with Crippen LogP contribution >= 0.6 is 0 Å². The Morgan fingerprint density at radius 1 is 1.10 bits per heavy atom. The minimum absolute atomic E-state index is 0.116. The van der Waals surface area contributed by atoms with Crippen LogP contribution in [0.5, 0.6) is 5.75 Å². The van der Waals surface area contributed by atoms with Crippen molar-refractivity contribution in [1.82, 2.24) is 5.32 Å². The molecular weight excluding hydrogens is 389 g/mol. The average molecular weight is 417 g/mol. The summed E-state index contributed by atoms with van der Waals surface area (Å²) in [5.74, 6) is -0.816. The van der Waals surface area contributed by atoms with Crippen molar-refractivity contribution in [2.75, 3.05) is 0 Å². The number of carbonyl (C=O) groups excluding carboxylic acids is 1. The summed E-state index contributed by atoms with van der Waals surface area (Å²) in [6.07, 6.45) is -0.658. The van der Waals surface area contributed by atoms with Crippen LogP contribution in [-0.4, -0.2) is 28.8 Å². The van der Waals surface area contributed by atoms with E-state index in [0.29, 0.717) is 5.75 Å². The topological polar surface area (TPSA) is 84.9 Å². The van der Waals surface area contributed by atoms with Crippen molar-refractivity contribution in [3.8, 4) is 5.75 Å². The third-order valence-electron chi connectivity index (χ3n) is 4.39. The predicted molar refractivity (Wildman–Crippen MR) is 111 cm³/mol. The molecule has 0 spiro atoms. The number of hydrogen-bond donors (Lipinski definition) is 2. The van der Waals surface area contributed by atoms with Crippen molar-refractivity contribution in [2.24, 2.45) is 0 Å². The minimum atomic E-state index is -1.14. The first kappa shape index (κ1) is 23.2. The third-order valence-corrected chi connectivity index (χ3v) is 4.39. The SMILES string of the molecule is Cc1cc(OCc2ccc(F)cc2)cc(C)c1C[C@H](NC(=O)OC(C)(C)C)C(=O)O. The number of benzene rings is 2. The Labute approximate surface area is 176 Å². The van der Waals surface area contributed by atoms with E-state index in [1.54, 1.807) is 32.9 Å². The number of carbonyl (C=O) groups is 2. The van der Waals surface area contributed by atoms with Gasteiger partial charge in [0.05, 0.1) is 0 Å². The van der Waals surface area contributed by atoms with Crippen LogP contribution in [-0.2, 0) is 22.6 Å². The fraction of sp³-hybridized carbons (Fsp3) is 0.391. The highest BCUT2D eigenvalue weighted by Crippen LogP contribution is 2.24. The van der Waals surface area contributed by atoms with Crippen molar-refractivity contribution < 1.29 is 28.6 Å². The molecular formula is C23H28FNO5. The van der Waals surface area contributed by atoms with Gasteiger partial charge in [-0.3, -0.25) is 0 Å². The van der Waals surface area contributed by atoms with Crippen LogP contribution in [0, 0.1) is 19.7 Å². The number of ether oxygens (including phenoxy) is 2. The Kier molecular flexibility index (Phi) is 7.43. The van der Waals surface area contributed by atoms with Gasteiger partial charge in [-0.05, 0) is 81.1 Å². The molecule has 2 N–H and O–H groups in total. The van der Waals surface area contributed by atoms with Gasteiger partial charge in [0.15, 0.2) is 0 Å². The van der Waals surface area contributed by atoms with Crippen LogP contribution in [0.2, 0.25) is 0 Å². The predicted octanol–water partition coefficient (Wildman–Crippen LogP) is 4.54. The molecule has 2 aromatic rings. The molecule has 162 valence electrons. The van der Waals surface area contributed by atoms with Gasteiger partial charge in [0.2, 0.25) is 0 Å². The monoisotopic (exact) mass is 417 g/mol. The molecule has 0 heterocycles. The largest absolute Gasteiger partial charge is 0.489 e. The van der Waals surface area contributed by atoms with Crippen molar-refractivity contribution in [2.45, 2.75) is 59.3 Å². The highest BCUT2D eigenvalue weighted by molar-refractivity contribution is 5.80. The fourth-order valence-electron chi connectivity index (χ4n) is 2.96. The smallest absolute Gasteiger partial charge is 0.408 e. The number of carboxylic acids is 1. The Bertz CT molecular complexity index is 880. The van der Waals surface area contributed by atoms with Gasteiger partial charge in [-0.1, -0.05) is 12.1 Å². The second-order valence-electron chi connectivity index (χ2n) is 8.19. The zero-order valence-electron chi connectivity index (χ0n) is 17.9. The first-order valence-electron chi connectivity index (χ1n) is 9.64. The highest BCUT2D eigenvalue weighted by atomic mass is 19.1. The lowest BCUT2D eigenvalue weighted by Crippen LogP contribution is -2.44. The molecule has 0 radical (unpaired) electrons. The van der Waals surface area contributed by atoms with Gasteiger partial charge in [0.1, 0.15) is 29.8 Å². The van der Waals surface area contributed by atoms with Crippen LogP contribution in [0.4, 0.5) is 9.18 Å². The van der Waals surface area contributed by atoms with E-state index in [1.807, 2.05) is 26.0 Å². The summed E-state index contributed by atoms with van der Waals surface area (Å²) in [5, 5.41) is 11.9. The second kappa shape index (κ2) is 9.61. The first-order valence-corrected chi connectivity index (χ1v) is 9.64. The van der Waals surface area contributed by atoms with E-state index in [-0.39, 0.29) is 18.8 Å². The molecule has 0 aliphatic rings. The van der Waals surface area contributed by atoms with Crippen LogP contribution in [0.1, 0.15) is 43.0 Å². The molecule has 0 aromatic heterocycles. The number of rotatable bonds is 7. The summed E-state index contributed by atoms with van der Waals surface area (Å²) >= 11 is 0. The van der Waals surface area contributed by atoms with Crippen LogP contribution < -0.4 is 10.1 Å². The van der Waals surface area contributed by atoms with Gasteiger partial charge in [0, 0.05) is 6.42 Å². The van der Waals surface area contributed by atoms with E-state index in [1.165, 1.54) is 12.1 Å². The Morgan fingerprint density at radius 2 is 1.67 bits per heavy atom. The van der Waals surface area contributed by atoms with Gasteiger partial charge in [-0.25, -0.2) is 14.0 Å². The molecule has 1 amide bonds. The third kappa shape index (κ3) is 7.06. The van der Waals surface area contributed by atoms with E-state index in [9.17, 15) is 19.1 Å². The first-order chi connectivity index (χ1) is 13.9. The van der Waals surface area contributed by atoms with E-state index < -0.39 is 23.7 Å². The van der Waals surface area contributed by atoms with Crippen molar-refractivity contribution in [1.29, 1.82) is 0 Å². The Morgan fingerprint density at radius 3 is 2.17 bits per heavy atom. The molecule has 0 fully saturated rings. The summed E-state index contributed by atoms with van der Waals surface area (Å²) in [4.78, 5) is 23.6. The molecule has 6 nitrogen and oxygen atoms in total. The number of halogens is 1. The van der Waals surface area contributed by atoms with E-state index in [2.05, 4.69) is 5.32 Å². The molecule has 0 bridgehead atoms. The van der Waals surface area contributed by atoms with Crippen LogP contribution in [0.15, 0.2) is 36.4 Å². The zero-order valence-corrected chi connectivity index (χ0v) is 17.9. The zero-order chi connectivity index (χ0) is 22.5. The van der Waals surface area contributed by atoms with Crippen LogP contribution in [0.3, 0.4) is 0 Å². The number of aryl methyl sites for hydroxylation is 2. The lowest BCUT2D eigenvalue weighted by Gasteiger charge is -2.23. The number of nitrogens with one attached hydrogen (secondary N) is 1. The number of carboxylic acid groups (broad SMARTS) is 1.